The van der Waals surface area contributed by atoms with Gasteiger partial charge in [0.05, 0.1) is 26.1 Å². The molecule has 0 spiro atoms. The summed E-state index contributed by atoms with van der Waals surface area (Å²) in [5.41, 5.74) is 0. The molecule has 0 aromatic rings. The van der Waals surface area contributed by atoms with Gasteiger partial charge in [-0.2, -0.15) is 0 Å². The van der Waals surface area contributed by atoms with Gasteiger partial charge in [0.1, 0.15) is 12.5 Å². The molecule has 0 fully saturated rings. The van der Waals surface area contributed by atoms with Crippen molar-refractivity contribution in [3.05, 3.63) is 0 Å². The molecule has 0 aromatic heterocycles. The predicted molar refractivity (Wildman–Crippen MR) is 102 cm³/mol. The number of ether oxygens (including phenoxy) is 2. The summed E-state index contributed by atoms with van der Waals surface area (Å²) in [7, 11) is 0. The van der Waals surface area contributed by atoms with Crippen LogP contribution in [0.2, 0.25) is 0 Å². The van der Waals surface area contributed by atoms with Crippen molar-refractivity contribution >= 4 is 23.8 Å². The number of aliphatic hydroxyl groups excluding tert-OH is 2. The third kappa shape index (κ3) is 11.0. The second kappa shape index (κ2) is 13.9. The van der Waals surface area contributed by atoms with Crippen molar-refractivity contribution in [3.63, 3.8) is 0 Å². The Morgan fingerprint density at radius 2 is 1.00 bits per heavy atom. The third-order valence-electron chi connectivity index (χ3n) is 3.84. The molecule has 0 saturated carbocycles. The molecule has 0 aromatic carbocycles. The first-order valence-electron chi connectivity index (χ1n) is 9.50. The van der Waals surface area contributed by atoms with E-state index in [0.717, 1.165) is 0 Å². The van der Waals surface area contributed by atoms with E-state index < -0.39 is 48.4 Å². The first kappa shape index (κ1) is 27.7. The Morgan fingerprint density at radius 1 is 0.700 bits per heavy atom. The monoisotopic (exact) mass is 436 g/mol. The molecule has 0 aliphatic carbocycles. The third-order valence-corrected chi connectivity index (χ3v) is 3.84. The lowest BCUT2D eigenvalue weighted by Gasteiger charge is -2.27. The number of carboxylic acids is 2. The van der Waals surface area contributed by atoms with Crippen LogP contribution >= 0.6 is 0 Å². The quantitative estimate of drug-likeness (QED) is 0.171. The van der Waals surface area contributed by atoms with Crippen LogP contribution in [0.1, 0.15) is 40.5 Å². The molecule has 2 unspecified atom stereocenters. The summed E-state index contributed by atoms with van der Waals surface area (Å²) in [4.78, 5) is 45.5. The van der Waals surface area contributed by atoms with Crippen LogP contribution in [0.15, 0.2) is 0 Å². The topological polar surface area (TPSA) is 192 Å². The molecule has 12 nitrogen and oxygen atoms in total. The van der Waals surface area contributed by atoms with Gasteiger partial charge in [-0.1, -0.05) is 27.7 Å². The molecule has 0 aliphatic rings. The Labute approximate surface area is 174 Å². The number of rotatable bonds is 15. The Balaban J connectivity index is 4.82. The fourth-order valence-corrected chi connectivity index (χ4v) is 2.09. The molecular formula is C18H32N2O10. The number of aliphatic hydroxyl groups is 2. The zero-order chi connectivity index (χ0) is 23.4. The average molecular weight is 436 g/mol. The number of carbonyl (C=O) groups excluding carboxylic acids is 2. The Hall–Kier alpha value is -2.28. The summed E-state index contributed by atoms with van der Waals surface area (Å²) < 4.78 is 10.5. The number of amides is 2. The minimum absolute atomic E-state index is 0.179. The van der Waals surface area contributed by atoms with Gasteiger partial charge in [0.15, 0.2) is 12.2 Å². The molecule has 0 rings (SSSR count). The molecule has 0 aliphatic heterocycles. The molecule has 0 saturated heterocycles. The first-order chi connectivity index (χ1) is 13.9. The van der Waals surface area contributed by atoms with Gasteiger partial charge in [0, 0.05) is 0 Å². The van der Waals surface area contributed by atoms with E-state index in [1.54, 1.807) is 27.7 Å². The van der Waals surface area contributed by atoms with Crippen LogP contribution in [0.3, 0.4) is 0 Å². The maximum atomic E-state index is 12.2. The maximum absolute atomic E-state index is 12.2. The number of carbonyl (C=O) groups is 4. The van der Waals surface area contributed by atoms with Gasteiger partial charge in [-0.3, -0.25) is 19.2 Å². The normalized spacial score (nSPS) is 15.3. The van der Waals surface area contributed by atoms with E-state index >= 15 is 0 Å². The summed E-state index contributed by atoms with van der Waals surface area (Å²) in [6.45, 7) is 6.38. The molecule has 30 heavy (non-hydrogen) atoms. The van der Waals surface area contributed by atoms with Crippen molar-refractivity contribution in [2.24, 2.45) is 11.8 Å². The lowest BCUT2D eigenvalue weighted by molar-refractivity contribution is -0.153. The van der Waals surface area contributed by atoms with Crippen LogP contribution in [0, 0.1) is 11.8 Å². The van der Waals surface area contributed by atoms with E-state index in [4.69, 9.17) is 19.7 Å². The van der Waals surface area contributed by atoms with E-state index in [2.05, 4.69) is 10.6 Å². The van der Waals surface area contributed by atoms with Crippen LogP contribution in [0.5, 0.6) is 0 Å². The fraction of sp³-hybridized carbons (Fsp3) is 0.778. The Bertz CT molecular complexity index is 531. The van der Waals surface area contributed by atoms with Crippen LogP contribution in [0.4, 0.5) is 0 Å². The summed E-state index contributed by atoms with van der Waals surface area (Å²) in [6, 6.07) is 0. The number of hydrogen-bond acceptors (Lipinski definition) is 8. The summed E-state index contributed by atoms with van der Waals surface area (Å²) >= 11 is 0. The Kier molecular flexibility index (Phi) is 12.8. The van der Waals surface area contributed by atoms with Crippen LogP contribution in [-0.4, -0.2) is 82.1 Å². The van der Waals surface area contributed by atoms with Gasteiger partial charge in [-0.25, -0.2) is 0 Å². The van der Waals surface area contributed by atoms with Gasteiger partial charge in [0.25, 0.3) is 11.8 Å². The zero-order valence-corrected chi connectivity index (χ0v) is 17.5. The lowest BCUT2D eigenvalue weighted by atomic mass is 10.1. The molecule has 2 amide bonds. The predicted octanol–water partition coefficient (Wildman–Crippen LogP) is -1.11. The largest absolute Gasteiger partial charge is 0.481 e. The first-order valence-corrected chi connectivity index (χ1v) is 9.50. The average Bonchev–Trinajstić information content (AvgIpc) is 2.63. The van der Waals surface area contributed by atoms with Crippen LogP contribution in [-0.2, 0) is 28.7 Å². The molecule has 0 radical (unpaired) electrons. The van der Waals surface area contributed by atoms with Crippen molar-refractivity contribution in [1.82, 2.24) is 10.6 Å². The minimum atomic E-state index is -2.12. The van der Waals surface area contributed by atoms with E-state index in [1.807, 2.05) is 0 Å². The number of nitrogens with one attached hydrogen (secondary N) is 2. The van der Waals surface area contributed by atoms with E-state index in [9.17, 15) is 29.4 Å². The highest BCUT2D eigenvalue weighted by Crippen LogP contribution is 2.08. The van der Waals surface area contributed by atoms with Crippen molar-refractivity contribution in [2.75, 3.05) is 13.2 Å². The second-order valence-electron chi connectivity index (χ2n) is 7.27. The smallest absolute Gasteiger partial charge is 0.305 e. The standard InChI is InChI=1S/C18H32N2O10/c1-9(2)17(29-7-5-11(21)22)19-15(27)13(25)14(26)16(28)20-18(10(3)4)30-8-6-12(23)24/h9-10,13-14,17-18,25-26H,5-8H2,1-4H3,(H,19,27)(H,20,28)(H,21,22)(H,23,24)/t13-,14-,17?,18?/m0/s1. The number of carboxylic acid groups (broad SMARTS) is 2. The highest BCUT2D eigenvalue weighted by atomic mass is 16.5. The fourth-order valence-electron chi connectivity index (χ4n) is 2.09. The summed E-state index contributed by atoms with van der Waals surface area (Å²) in [5.74, 6) is -4.90. The molecule has 6 N–H and O–H groups in total. The molecule has 4 atom stereocenters. The van der Waals surface area contributed by atoms with Gasteiger partial charge >= 0.3 is 11.9 Å². The van der Waals surface area contributed by atoms with Crippen molar-refractivity contribution in [1.29, 1.82) is 0 Å². The summed E-state index contributed by atoms with van der Waals surface area (Å²) in [5, 5.41) is 41.9. The number of hydrogen-bond donors (Lipinski definition) is 6. The van der Waals surface area contributed by atoms with Gasteiger partial charge < -0.3 is 40.5 Å². The Morgan fingerprint density at radius 3 is 1.23 bits per heavy atom. The zero-order valence-electron chi connectivity index (χ0n) is 17.5. The maximum Gasteiger partial charge on any atom is 0.305 e. The molecule has 12 heteroatoms. The van der Waals surface area contributed by atoms with Crippen LogP contribution in [0.25, 0.3) is 0 Å². The van der Waals surface area contributed by atoms with Crippen LogP contribution < -0.4 is 10.6 Å². The highest BCUT2D eigenvalue weighted by Gasteiger charge is 2.33. The molecule has 0 heterocycles. The molecule has 0 bridgehead atoms. The highest BCUT2D eigenvalue weighted by molar-refractivity contribution is 5.90. The number of aliphatic carboxylic acids is 2. The minimum Gasteiger partial charge on any atom is -0.481 e. The second-order valence-corrected chi connectivity index (χ2v) is 7.27. The van der Waals surface area contributed by atoms with E-state index in [0.29, 0.717) is 0 Å². The van der Waals surface area contributed by atoms with E-state index in [1.165, 1.54) is 0 Å². The molecular weight excluding hydrogens is 404 g/mol. The SMILES string of the molecule is CC(C)C(NC(=O)[C@@H](O)[C@H](O)C(=O)NC(OCCC(=O)O)C(C)C)OCCC(=O)O. The van der Waals surface area contributed by atoms with Gasteiger partial charge in [-0.15, -0.1) is 0 Å². The van der Waals surface area contributed by atoms with Crippen molar-refractivity contribution in [2.45, 2.75) is 65.2 Å². The van der Waals surface area contributed by atoms with Gasteiger partial charge in [-0.05, 0) is 11.8 Å². The summed E-state index contributed by atoms with van der Waals surface area (Å²) in [6.07, 6.45) is -6.70. The lowest BCUT2D eigenvalue weighted by Crippen LogP contribution is -2.55. The van der Waals surface area contributed by atoms with E-state index in [-0.39, 0.29) is 37.9 Å². The van der Waals surface area contributed by atoms with Gasteiger partial charge in [0.2, 0.25) is 0 Å². The van der Waals surface area contributed by atoms with Crippen molar-refractivity contribution in [3.8, 4) is 0 Å². The van der Waals surface area contributed by atoms with Crippen molar-refractivity contribution < 1.29 is 49.1 Å². The molecule has 174 valence electrons.